The fourth-order valence-corrected chi connectivity index (χ4v) is 3.61. The number of hydrogen-bond donors (Lipinski definition) is 0. The minimum Gasteiger partial charge on any atom is -0.337 e. The average molecular weight is 313 g/mol. The Morgan fingerprint density at radius 1 is 1.26 bits per heavy atom. The van der Waals surface area contributed by atoms with E-state index in [9.17, 15) is 9.59 Å². The summed E-state index contributed by atoms with van der Waals surface area (Å²) in [5.74, 6) is 0.524. The summed E-state index contributed by atoms with van der Waals surface area (Å²) in [6, 6.07) is 7.70. The summed E-state index contributed by atoms with van der Waals surface area (Å²) in [6.07, 6.45) is 2.46. The lowest BCUT2D eigenvalue weighted by atomic mass is 10.1. The Hall–Kier alpha value is -2.14. The van der Waals surface area contributed by atoms with Crippen LogP contribution in [0, 0.1) is 5.92 Å². The maximum Gasteiger partial charge on any atom is 0.253 e. The second-order valence-corrected chi connectivity index (χ2v) is 6.46. The van der Waals surface area contributed by atoms with E-state index in [2.05, 4.69) is 18.5 Å². The number of likely N-dealkylation sites (N-methyl/N-ethyl adjacent to an activating group) is 2. The normalized spacial score (nSPS) is 23.7. The smallest absolute Gasteiger partial charge is 0.253 e. The van der Waals surface area contributed by atoms with Gasteiger partial charge in [-0.25, -0.2) is 0 Å². The van der Waals surface area contributed by atoms with Gasteiger partial charge in [-0.05, 0) is 56.3 Å². The molecule has 2 aliphatic rings. The van der Waals surface area contributed by atoms with E-state index in [1.807, 2.05) is 4.90 Å². The van der Waals surface area contributed by atoms with Crippen LogP contribution < -0.4 is 4.90 Å². The fraction of sp³-hybridized carbons (Fsp3) is 0.444. The number of carbonyl (C=O) groups excluding carboxylic acids is 2. The molecule has 2 fully saturated rings. The van der Waals surface area contributed by atoms with Gasteiger partial charge in [0, 0.05) is 37.4 Å². The van der Waals surface area contributed by atoms with E-state index in [-0.39, 0.29) is 11.8 Å². The third kappa shape index (κ3) is 2.88. The molecule has 1 aromatic carbocycles. The Bertz CT molecular complexity index is 626. The molecular formula is C18H23N3O2. The molecule has 0 bridgehead atoms. The van der Waals surface area contributed by atoms with Crippen LogP contribution in [-0.4, -0.2) is 61.4 Å². The van der Waals surface area contributed by atoms with Crippen molar-refractivity contribution in [2.75, 3.05) is 38.6 Å². The molecule has 2 atom stereocenters. The first-order valence-corrected chi connectivity index (χ1v) is 8.01. The Balaban J connectivity index is 1.69. The number of amides is 2. The van der Waals surface area contributed by atoms with E-state index in [0.717, 1.165) is 25.3 Å². The summed E-state index contributed by atoms with van der Waals surface area (Å²) in [5.41, 5.74) is 1.43. The lowest BCUT2D eigenvalue weighted by Crippen LogP contribution is -2.35. The van der Waals surface area contributed by atoms with Gasteiger partial charge in [-0.15, -0.1) is 0 Å². The van der Waals surface area contributed by atoms with Crippen molar-refractivity contribution in [2.45, 2.75) is 12.5 Å². The molecular weight excluding hydrogens is 290 g/mol. The summed E-state index contributed by atoms with van der Waals surface area (Å²) >= 11 is 0. The van der Waals surface area contributed by atoms with Crippen LogP contribution in [0.5, 0.6) is 0 Å². The molecule has 2 saturated heterocycles. The monoisotopic (exact) mass is 313 g/mol. The molecule has 0 aliphatic carbocycles. The molecule has 2 heterocycles. The van der Waals surface area contributed by atoms with Crippen molar-refractivity contribution in [3.8, 4) is 0 Å². The lowest BCUT2D eigenvalue weighted by molar-refractivity contribution is -0.113. The molecule has 0 unspecified atom stereocenters. The summed E-state index contributed by atoms with van der Waals surface area (Å²) in [6.45, 7) is 6.29. The molecule has 0 aromatic heterocycles. The molecule has 0 saturated carbocycles. The topological polar surface area (TPSA) is 43.9 Å². The van der Waals surface area contributed by atoms with Gasteiger partial charge < -0.3 is 14.7 Å². The van der Waals surface area contributed by atoms with E-state index < -0.39 is 0 Å². The summed E-state index contributed by atoms with van der Waals surface area (Å²) in [5, 5.41) is 0. The minimum atomic E-state index is -0.167. The van der Waals surface area contributed by atoms with Crippen LogP contribution in [0.2, 0.25) is 0 Å². The van der Waals surface area contributed by atoms with E-state index in [1.165, 1.54) is 17.4 Å². The lowest BCUT2D eigenvalue weighted by Gasteiger charge is -2.21. The van der Waals surface area contributed by atoms with Gasteiger partial charge in [0.25, 0.3) is 5.91 Å². The highest BCUT2D eigenvalue weighted by Crippen LogP contribution is 2.31. The van der Waals surface area contributed by atoms with Crippen molar-refractivity contribution >= 4 is 17.5 Å². The minimum absolute atomic E-state index is 0.0806. The zero-order valence-electron chi connectivity index (χ0n) is 13.7. The molecule has 0 radical (unpaired) electrons. The second-order valence-electron chi connectivity index (χ2n) is 6.46. The highest BCUT2D eigenvalue weighted by atomic mass is 16.2. The molecule has 5 heteroatoms. The van der Waals surface area contributed by atoms with Crippen molar-refractivity contribution in [3.63, 3.8) is 0 Å². The number of fused-ring (bicyclic) bond motifs is 1. The van der Waals surface area contributed by atoms with Crippen LogP contribution in [0.15, 0.2) is 36.9 Å². The van der Waals surface area contributed by atoms with E-state index in [1.54, 1.807) is 31.3 Å². The first kappa shape index (κ1) is 15.7. The predicted molar refractivity (Wildman–Crippen MR) is 90.5 cm³/mol. The molecule has 0 N–H and O–H groups in total. The van der Waals surface area contributed by atoms with Gasteiger partial charge in [0.15, 0.2) is 0 Å². The standard InChI is InChI=1S/C18H23N3O2/c1-4-17(22)20(3)15-7-5-13(6-8-15)18(23)21-11-14-9-10-19(2)16(14)12-21/h4-8,14,16H,1,9-12H2,2-3H3/t14-,16+/m0/s1. The SMILES string of the molecule is C=CC(=O)N(C)c1ccc(C(=O)N2C[C@@H]3CCN(C)[C@@H]3C2)cc1. The van der Waals surface area contributed by atoms with Gasteiger partial charge in [-0.2, -0.15) is 0 Å². The summed E-state index contributed by atoms with van der Waals surface area (Å²) in [7, 11) is 3.83. The van der Waals surface area contributed by atoms with Crippen molar-refractivity contribution < 1.29 is 9.59 Å². The van der Waals surface area contributed by atoms with Crippen LogP contribution in [-0.2, 0) is 4.79 Å². The number of anilines is 1. The highest BCUT2D eigenvalue weighted by Gasteiger charge is 2.41. The van der Waals surface area contributed by atoms with E-state index >= 15 is 0 Å². The van der Waals surface area contributed by atoms with Gasteiger partial charge >= 0.3 is 0 Å². The Morgan fingerprint density at radius 3 is 2.57 bits per heavy atom. The Kier molecular flexibility index (Phi) is 4.22. The first-order chi connectivity index (χ1) is 11.0. The van der Waals surface area contributed by atoms with Gasteiger partial charge in [-0.3, -0.25) is 9.59 Å². The van der Waals surface area contributed by atoms with Crippen molar-refractivity contribution in [2.24, 2.45) is 5.92 Å². The number of benzene rings is 1. The maximum absolute atomic E-state index is 12.7. The van der Waals surface area contributed by atoms with Crippen LogP contribution in [0.1, 0.15) is 16.8 Å². The quantitative estimate of drug-likeness (QED) is 0.796. The molecule has 0 spiro atoms. The zero-order chi connectivity index (χ0) is 16.6. The predicted octanol–water partition coefficient (Wildman–Crippen LogP) is 1.61. The van der Waals surface area contributed by atoms with Crippen molar-refractivity contribution in [1.29, 1.82) is 0 Å². The molecule has 122 valence electrons. The molecule has 2 aliphatic heterocycles. The van der Waals surface area contributed by atoms with E-state index in [4.69, 9.17) is 0 Å². The Labute approximate surface area is 137 Å². The highest BCUT2D eigenvalue weighted by molar-refractivity contribution is 6.01. The fourth-order valence-electron chi connectivity index (χ4n) is 3.61. The van der Waals surface area contributed by atoms with Gasteiger partial charge in [0.2, 0.25) is 5.91 Å². The van der Waals surface area contributed by atoms with Crippen molar-refractivity contribution in [3.05, 3.63) is 42.5 Å². The molecule has 1 aromatic rings. The van der Waals surface area contributed by atoms with Crippen LogP contribution in [0.25, 0.3) is 0 Å². The van der Waals surface area contributed by atoms with Crippen LogP contribution in [0.3, 0.4) is 0 Å². The summed E-state index contributed by atoms with van der Waals surface area (Å²) in [4.78, 5) is 30.1. The maximum atomic E-state index is 12.7. The number of nitrogens with zero attached hydrogens (tertiary/aromatic N) is 3. The number of carbonyl (C=O) groups is 2. The zero-order valence-corrected chi connectivity index (χ0v) is 13.7. The number of hydrogen-bond acceptors (Lipinski definition) is 3. The molecule has 2 amide bonds. The average Bonchev–Trinajstić information content (AvgIpc) is 3.15. The first-order valence-electron chi connectivity index (χ1n) is 8.01. The van der Waals surface area contributed by atoms with Gasteiger partial charge in [0.05, 0.1) is 0 Å². The van der Waals surface area contributed by atoms with Crippen LogP contribution in [0.4, 0.5) is 5.69 Å². The van der Waals surface area contributed by atoms with E-state index in [0.29, 0.717) is 17.5 Å². The Morgan fingerprint density at radius 2 is 1.96 bits per heavy atom. The number of likely N-dealkylation sites (tertiary alicyclic amines) is 2. The van der Waals surface area contributed by atoms with Gasteiger partial charge in [0.1, 0.15) is 0 Å². The van der Waals surface area contributed by atoms with Crippen LogP contribution >= 0.6 is 0 Å². The summed E-state index contributed by atoms with van der Waals surface area (Å²) < 4.78 is 0. The molecule has 23 heavy (non-hydrogen) atoms. The third-order valence-electron chi connectivity index (χ3n) is 5.12. The van der Waals surface area contributed by atoms with Gasteiger partial charge in [-0.1, -0.05) is 6.58 Å². The largest absolute Gasteiger partial charge is 0.337 e. The second kappa shape index (κ2) is 6.16. The third-order valence-corrected chi connectivity index (χ3v) is 5.12. The molecule has 3 rings (SSSR count). The molecule has 5 nitrogen and oxygen atoms in total. The number of rotatable bonds is 3. The van der Waals surface area contributed by atoms with Crippen molar-refractivity contribution in [1.82, 2.24) is 9.80 Å².